The summed E-state index contributed by atoms with van der Waals surface area (Å²) in [6.45, 7) is 7.48. The lowest BCUT2D eigenvalue weighted by Gasteiger charge is -2.03. The monoisotopic (exact) mass is 264 g/mol. The zero-order valence-electron chi connectivity index (χ0n) is 11.6. The highest BCUT2D eigenvalue weighted by molar-refractivity contribution is 6.09. The molecule has 4 heteroatoms. The number of aryl methyl sites for hydroxylation is 2. The second-order valence-electron chi connectivity index (χ2n) is 4.54. The molecular weight excluding hydrogens is 248 g/mol. The van der Waals surface area contributed by atoms with Gasteiger partial charge in [-0.3, -0.25) is 20.4 Å². The molecule has 0 saturated heterocycles. The zero-order valence-corrected chi connectivity index (χ0v) is 11.6. The highest BCUT2D eigenvalue weighted by atomic mass is 14.8. The number of hydrogen-bond donors (Lipinski definition) is 1. The third-order valence-corrected chi connectivity index (χ3v) is 2.81. The molecule has 0 aliphatic rings. The van der Waals surface area contributed by atoms with Crippen molar-refractivity contribution in [3.63, 3.8) is 0 Å². The molecular formula is C16H16N4. The van der Waals surface area contributed by atoms with Gasteiger partial charge in [-0.15, -0.1) is 0 Å². The van der Waals surface area contributed by atoms with E-state index < -0.39 is 0 Å². The molecule has 1 N–H and O–H groups in total. The number of aromatic nitrogens is 2. The maximum Gasteiger partial charge on any atom is 0.0900 e. The maximum atomic E-state index is 8.07. The van der Waals surface area contributed by atoms with Crippen LogP contribution in [0, 0.1) is 19.3 Å². The van der Waals surface area contributed by atoms with Gasteiger partial charge in [-0.2, -0.15) is 0 Å². The molecule has 0 unspecified atom stereocenters. The Morgan fingerprint density at radius 1 is 1.05 bits per heavy atom. The Morgan fingerprint density at radius 3 is 2.05 bits per heavy atom. The van der Waals surface area contributed by atoms with Crippen molar-refractivity contribution >= 4 is 18.1 Å². The van der Waals surface area contributed by atoms with Crippen molar-refractivity contribution in [1.82, 2.24) is 9.97 Å². The van der Waals surface area contributed by atoms with Crippen molar-refractivity contribution in [2.45, 2.75) is 13.8 Å². The number of allylic oxidation sites excluding steroid dienone is 1. The van der Waals surface area contributed by atoms with Gasteiger partial charge < -0.3 is 0 Å². The maximum absolute atomic E-state index is 8.07. The molecule has 0 aliphatic carbocycles. The van der Waals surface area contributed by atoms with Crippen molar-refractivity contribution in [2.75, 3.05) is 0 Å². The van der Waals surface area contributed by atoms with Crippen LogP contribution in [0.3, 0.4) is 0 Å². The van der Waals surface area contributed by atoms with Gasteiger partial charge in [0.1, 0.15) is 0 Å². The smallest absolute Gasteiger partial charge is 0.0900 e. The fourth-order valence-corrected chi connectivity index (χ4v) is 1.66. The number of nitrogens with zero attached hydrogens (tertiary/aromatic N) is 3. The standard InChI is InChI=1S/C16H16N4/c1-11-4-6-14(19-9-11)13(17)8-16(18-3)15-7-5-12(2)10-20-15/h4-10,17H,3H2,1-2H3/b16-8-,17-13?. The number of hydrogen-bond acceptors (Lipinski definition) is 4. The van der Waals surface area contributed by atoms with E-state index in [2.05, 4.69) is 21.7 Å². The normalized spacial score (nSPS) is 11.2. The highest BCUT2D eigenvalue weighted by Crippen LogP contribution is 2.14. The quantitative estimate of drug-likeness (QED) is 0.862. The molecule has 4 nitrogen and oxygen atoms in total. The Bertz CT molecular complexity index is 652. The first-order valence-corrected chi connectivity index (χ1v) is 6.23. The van der Waals surface area contributed by atoms with Crippen LogP contribution >= 0.6 is 0 Å². The lowest BCUT2D eigenvalue weighted by atomic mass is 10.1. The van der Waals surface area contributed by atoms with Gasteiger partial charge in [0.25, 0.3) is 0 Å². The molecule has 20 heavy (non-hydrogen) atoms. The van der Waals surface area contributed by atoms with Gasteiger partial charge in [-0.25, -0.2) is 0 Å². The van der Waals surface area contributed by atoms with E-state index in [9.17, 15) is 0 Å². The Labute approximate surface area is 118 Å². The summed E-state index contributed by atoms with van der Waals surface area (Å²) in [6.07, 6.45) is 5.13. The Hall–Kier alpha value is -2.62. The van der Waals surface area contributed by atoms with E-state index in [4.69, 9.17) is 5.41 Å². The molecule has 0 bridgehead atoms. The average Bonchev–Trinajstić information content (AvgIpc) is 2.46. The van der Waals surface area contributed by atoms with Crippen molar-refractivity contribution in [3.05, 3.63) is 65.2 Å². The van der Waals surface area contributed by atoms with Crippen LogP contribution in [0.5, 0.6) is 0 Å². The van der Waals surface area contributed by atoms with Gasteiger partial charge in [0.2, 0.25) is 0 Å². The molecule has 0 amide bonds. The summed E-state index contributed by atoms with van der Waals surface area (Å²) in [5, 5.41) is 8.07. The molecule has 100 valence electrons. The minimum atomic E-state index is 0.287. The first-order valence-electron chi connectivity index (χ1n) is 6.23. The summed E-state index contributed by atoms with van der Waals surface area (Å²) in [4.78, 5) is 12.5. The summed E-state index contributed by atoms with van der Waals surface area (Å²) in [6, 6.07) is 7.56. The average molecular weight is 264 g/mol. The molecule has 2 heterocycles. The van der Waals surface area contributed by atoms with Crippen LogP contribution in [0.15, 0.2) is 47.7 Å². The van der Waals surface area contributed by atoms with Crippen LogP contribution in [-0.4, -0.2) is 22.4 Å². The van der Waals surface area contributed by atoms with E-state index >= 15 is 0 Å². The van der Waals surface area contributed by atoms with Gasteiger partial charge in [0.15, 0.2) is 0 Å². The Balaban J connectivity index is 2.31. The van der Waals surface area contributed by atoms with E-state index in [-0.39, 0.29) is 5.71 Å². The van der Waals surface area contributed by atoms with Gasteiger partial charge in [-0.05, 0) is 49.9 Å². The van der Waals surface area contributed by atoms with E-state index in [0.29, 0.717) is 17.1 Å². The zero-order chi connectivity index (χ0) is 14.5. The molecule has 0 spiro atoms. The van der Waals surface area contributed by atoms with Gasteiger partial charge in [0, 0.05) is 12.4 Å². The lowest BCUT2D eigenvalue weighted by Crippen LogP contribution is -2.00. The summed E-state index contributed by atoms with van der Waals surface area (Å²) in [7, 11) is 0. The van der Waals surface area contributed by atoms with Crippen LogP contribution in [0.2, 0.25) is 0 Å². The van der Waals surface area contributed by atoms with Crippen LogP contribution in [0.25, 0.3) is 5.70 Å². The largest absolute Gasteiger partial charge is 0.299 e. The Morgan fingerprint density at radius 2 is 1.60 bits per heavy atom. The molecule has 2 rings (SSSR count). The van der Waals surface area contributed by atoms with Gasteiger partial charge in [-0.1, -0.05) is 12.1 Å². The Kier molecular flexibility index (Phi) is 4.15. The molecule has 0 fully saturated rings. The number of pyridine rings is 2. The second kappa shape index (κ2) is 6.02. The van der Waals surface area contributed by atoms with Crippen molar-refractivity contribution in [3.8, 4) is 0 Å². The van der Waals surface area contributed by atoms with Gasteiger partial charge in [0.05, 0.1) is 22.8 Å². The molecule has 0 aromatic carbocycles. The first-order chi connectivity index (χ1) is 9.60. The van der Waals surface area contributed by atoms with E-state index in [1.54, 1.807) is 18.5 Å². The summed E-state index contributed by atoms with van der Waals surface area (Å²) >= 11 is 0. The van der Waals surface area contributed by atoms with Crippen LogP contribution in [0.1, 0.15) is 22.5 Å². The predicted molar refractivity (Wildman–Crippen MR) is 82.3 cm³/mol. The van der Waals surface area contributed by atoms with Crippen molar-refractivity contribution < 1.29 is 0 Å². The molecule has 0 aliphatic heterocycles. The summed E-state index contributed by atoms with van der Waals surface area (Å²) < 4.78 is 0. The lowest BCUT2D eigenvalue weighted by molar-refractivity contribution is 1.21. The van der Waals surface area contributed by atoms with Crippen LogP contribution in [0.4, 0.5) is 0 Å². The van der Waals surface area contributed by atoms with Crippen LogP contribution in [-0.2, 0) is 0 Å². The second-order valence-corrected chi connectivity index (χ2v) is 4.54. The fourth-order valence-electron chi connectivity index (χ4n) is 1.66. The number of nitrogens with one attached hydrogen (secondary N) is 1. The summed E-state index contributed by atoms with van der Waals surface area (Å²) in [5.41, 5.74) is 4.29. The molecule has 0 atom stereocenters. The highest BCUT2D eigenvalue weighted by Gasteiger charge is 2.05. The SMILES string of the molecule is C=N/C(=C\C(=N)c1ccc(C)cn1)c1ccc(C)cn1. The third kappa shape index (κ3) is 3.23. The van der Waals surface area contributed by atoms with E-state index in [1.807, 2.05) is 38.1 Å². The minimum Gasteiger partial charge on any atom is -0.299 e. The van der Waals surface area contributed by atoms with Gasteiger partial charge >= 0.3 is 0 Å². The predicted octanol–water partition coefficient (Wildman–Crippen LogP) is 3.20. The molecule has 2 aromatic rings. The van der Waals surface area contributed by atoms with Crippen molar-refractivity contribution in [2.24, 2.45) is 4.99 Å². The van der Waals surface area contributed by atoms with E-state index in [0.717, 1.165) is 11.1 Å². The number of rotatable bonds is 4. The minimum absolute atomic E-state index is 0.287. The fraction of sp³-hybridized carbons (Fsp3) is 0.125. The third-order valence-electron chi connectivity index (χ3n) is 2.81. The van der Waals surface area contributed by atoms with Crippen LogP contribution < -0.4 is 0 Å². The van der Waals surface area contributed by atoms with Crippen molar-refractivity contribution in [1.29, 1.82) is 5.41 Å². The number of aliphatic imine (C=N–C) groups is 1. The topological polar surface area (TPSA) is 62.0 Å². The molecule has 0 saturated carbocycles. The summed E-state index contributed by atoms with van der Waals surface area (Å²) in [5.74, 6) is 0. The van der Waals surface area contributed by atoms with E-state index in [1.165, 1.54) is 0 Å². The molecule has 0 radical (unpaired) electrons. The first kappa shape index (κ1) is 13.8. The molecule has 2 aromatic heterocycles.